The van der Waals surface area contributed by atoms with Crippen molar-refractivity contribution in [1.29, 1.82) is 0 Å². The van der Waals surface area contributed by atoms with Crippen molar-refractivity contribution in [2.75, 3.05) is 25.5 Å². The summed E-state index contributed by atoms with van der Waals surface area (Å²) in [5.74, 6) is 3.53. The molecule has 1 rings (SSSR count). The molecule has 15 heavy (non-hydrogen) atoms. The lowest BCUT2D eigenvalue weighted by atomic mass is 10.2. The molecule has 0 amide bonds. The van der Waals surface area contributed by atoms with Crippen molar-refractivity contribution in [2.45, 2.75) is 6.54 Å². The van der Waals surface area contributed by atoms with Crippen LogP contribution >= 0.6 is 15.9 Å². The molecule has 80 valence electrons. The molecule has 0 bridgehead atoms. The summed E-state index contributed by atoms with van der Waals surface area (Å²) in [7, 11) is 3.85. The number of hydrogen-bond acceptors (Lipinski definition) is 3. The predicted octanol–water partition coefficient (Wildman–Crippen LogP) is 1.63. The van der Waals surface area contributed by atoms with E-state index in [0.717, 1.165) is 22.4 Å². The van der Waals surface area contributed by atoms with E-state index in [4.69, 9.17) is 6.42 Å². The summed E-state index contributed by atoms with van der Waals surface area (Å²) in [5, 5.41) is 3.11. The van der Waals surface area contributed by atoms with Gasteiger partial charge in [-0.2, -0.15) is 0 Å². The van der Waals surface area contributed by atoms with Crippen LogP contribution in [-0.4, -0.2) is 25.6 Å². The van der Waals surface area contributed by atoms with E-state index in [1.165, 1.54) is 0 Å². The summed E-state index contributed by atoms with van der Waals surface area (Å²) < 4.78 is 0.977. The highest BCUT2D eigenvalue weighted by Crippen LogP contribution is 2.20. The first kappa shape index (κ1) is 12.0. The maximum absolute atomic E-state index is 5.28. The fraction of sp³-hybridized carbons (Fsp3) is 0.364. The van der Waals surface area contributed by atoms with Gasteiger partial charge in [0.15, 0.2) is 0 Å². The lowest BCUT2D eigenvalue weighted by Gasteiger charge is -2.18. The van der Waals surface area contributed by atoms with Gasteiger partial charge in [0, 0.05) is 29.8 Å². The van der Waals surface area contributed by atoms with Gasteiger partial charge in [-0.1, -0.05) is 5.92 Å². The number of terminal acetylenes is 1. The number of nitrogens with zero attached hydrogens (tertiary/aromatic N) is 2. The molecule has 0 aromatic carbocycles. The molecule has 1 aromatic heterocycles. The highest BCUT2D eigenvalue weighted by Gasteiger charge is 2.08. The van der Waals surface area contributed by atoms with Crippen molar-refractivity contribution in [1.82, 2.24) is 10.3 Å². The molecule has 0 atom stereocenters. The van der Waals surface area contributed by atoms with Crippen LogP contribution in [0, 0.1) is 12.3 Å². The Labute approximate surface area is 99.0 Å². The van der Waals surface area contributed by atoms with Crippen LogP contribution in [0.5, 0.6) is 0 Å². The highest BCUT2D eigenvalue weighted by molar-refractivity contribution is 9.10. The Hall–Kier alpha value is -1.05. The molecule has 0 aliphatic rings. The Balaban J connectivity index is 3.00. The summed E-state index contributed by atoms with van der Waals surface area (Å²) in [6, 6.07) is 2.05. The van der Waals surface area contributed by atoms with Crippen LogP contribution in [0.25, 0.3) is 0 Å². The molecule has 4 heteroatoms. The highest BCUT2D eigenvalue weighted by atomic mass is 79.9. The second kappa shape index (κ2) is 5.74. The molecule has 0 fully saturated rings. The van der Waals surface area contributed by atoms with Crippen molar-refractivity contribution < 1.29 is 0 Å². The third-order valence-corrected chi connectivity index (χ3v) is 2.40. The monoisotopic (exact) mass is 267 g/mol. The standard InChI is InChI=1S/C11H14BrN3/c1-4-5-15(3)11-9(7-13-2)6-10(12)8-14-11/h1,6,8,13H,5,7H2,2-3H3. The second-order valence-corrected chi connectivity index (χ2v) is 4.14. The quantitative estimate of drug-likeness (QED) is 0.841. The zero-order valence-corrected chi connectivity index (χ0v) is 10.5. The number of hydrogen-bond donors (Lipinski definition) is 1. The molecule has 1 heterocycles. The van der Waals surface area contributed by atoms with Crippen molar-refractivity contribution in [2.24, 2.45) is 0 Å². The minimum atomic E-state index is 0.561. The zero-order valence-electron chi connectivity index (χ0n) is 8.92. The number of halogens is 1. The Bertz CT molecular complexity index is 371. The van der Waals surface area contributed by atoms with E-state index in [2.05, 4.69) is 32.2 Å². The van der Waals surface area contributed by atoms with E-state index >= 15 is 0 Å². The molecule has 0 aliphatic heterocycles. The third-order valence-electron chi connectivity index (χ3n) is 1.97. The Morgan fingerprint density at radius 3 is 3.00 bits per heavy atom. The zero-order chi connectivity index (χ0) is 11.3. The average Bonchev–Trinajstić information content (AvgIpc) is 2.18. The van der Waals surface area contributed by atoms with Crippen molar-refractivity contribution in [3.63, 3.8) is 0 Å². The van der Waals surface area contributed by atoms with E-state index in [1.807, 2.05) is 25.1 Å². The first-order valence-corrected chi connectivity index (χ1v) is 5.42. The van der Waals surface area contributed by atoms with Crippen LogP contribution in [0.15, 0.2) is 16.7 Å². The molecule has 0 radical (unpaired) electrons. The van der Waals surface area contributed by atoms with E-state index in [1.54, 1.807) is 6.20 Å². The molecule has 1 N–H and O–H groups in total. The smallest absolute Gasteiger partial charge is 0.133 e. The summed E-state index contributed by atoms with van der Waals surface area (Å²) in [4.78, 5) is 6.32. The summed E-state index contributed by atoms with van der Waals surface area (Å²) in [6.45, 7) is 1.34. The minimum absolute atomic E-state index is 0.561. The Morgan fingerprint density at radius 2 is 2.40 bits per heavy atom. The van der Waals surface area contributed by atoms with Gasteiger partial charge in [0.05, 0.1) is 6.54 Å². The van der Waals surface area contributed by atoms with Crippen LogP contribution in [0.1, 0.15) is 5.56 Å². The van der Waals surface area contributed by atoms with Crippen LogP contribution in [0.4, 0.5) is 5.82 Å². The number of aromatic nitrogens is 1. The molecule has 0 saturated heterocycles. The van der Waals surface area contributed by atoms with Crippen molar-refractivity contribution >= 4 is 21.7 Å². The maximum Gasteiger partial charge on any atom is 0.133 e. The fourth-order valence-electron chi connectivity index (χ4n) is 1.35. The predicted molar refractivity (Wildman–Crippen MR) is 66.8 cm³/mol. The SMILES string of the molecule is C#CCN(C)c1ncc(Br)cc1CNC. The van der Waals surface area contributed by atoms with Gasteiger partial charge in [-0.05, 0) is 29.0 Å². The molecular formula is C11H14BrN3. The van der Waals surface area contributed by atoms with Gasteiger partial charge in [0.25, 0.3) is 0 Å². The van der Waals surface area contributed by atoms with Crippen LogP contribution in [0.3, 0.4) is 0 Å². The maximum atomic E-state index is 5.28. The van der Waals surface area contributed by atoms with E-state index < -0.39 is 0 Å². The van der Waals surface area contributed by atoms with Crippen molar-refractivity contribution in [3.05, 3.63) is 22.3 Å². The van der Waals surface area contributed by atoms with Crippen molar-refractivity contribution in [3.8, 4) is 12.3 Å². The second-order valence-electron chi connectivity index (χ2n) is 3.23. The first-order valence-electron chi connectivity index (χ1n) is 4.62. The molecular weight excluding hydrogens is 254 g/mol. The van der Waals surface area contributed by atoms with E-state index in [-0.39, 0.29) is 0 Å². The van der Waals surface area contributed by atoms with Crippen LogP contribution < -0.4 is 10.2 Å². The number of nitrogens with one attached hydrogen (secondary N) is 1. The lowest BCUT2D eigenvalue weighted by Crippen LogP contribution is -2.21. The number of pyridine rings is 1. The number of anilines is 1. The Kier molecular flexibility index (Phi) is 4.60. The van der Waals surface area contributed by atoms with Gasteiger partial charge in [-0.25, -0.2) is 4.98 Å². The van der Waals surface area contributed by atoms with Gasteiger partial charge in [0.2, 0.25) is 0 Å². The molecule has 0 spiro atoms. The summed E-state index contributed by atoms with van der Waals surface area (Å²) >= 11 is 3.41. The average molecular weight is 268 g/mol. The molecule has 1 aromatic rings. The Morgan fingerprint density at radius 1 is 1.67 bits per heavy atom. The normalized spacial score (nSPS) is 9.73. The van der Waals surface area contributed by atoms with E-state index in [9.17, 15) is 0 Å². The molecule has 3 nitrogen and oxygen atoms in total. The molecule has 0 unspecified atom stereocenters. The third kappa shape index (κ3) is 3.22. The number of rotatable bonds is 4. The fourth-order valence-corrected chi connectivity index (χ4v) is 1.73. The topological polar surface area (TPSA) is 28.2 Å². The lowest BCUT2D eigenvalue weighted by molar-refractivity contribution is 0.804. The van der Waals surface area contributed by atoms with Gasteiger partial charge < -0.3 is 10.2 Å². The van der Waals surface area contributed by atoms with Crippen LogP contribution in [0.2, 0.25) is 0 Å². The minimum Gasteiger partial charge on any atom is -0.348 e. The van der Waals surface area contributed by atoms with Crippen LogP contribution in [-0.2, 0) is 6.54 Å². The van der Waals surface area contributed by atoms with Gasteiger partial charge in [-0.15, -0.1) is 6.42 Å². The molecule has 0 aliphatic carbocycles. The van der Waals surface area contributed by atoms with E-state index in [0.29, 0.717) is 6.54 Å². The first-order chi connectivity index (χ1) is 7.19. The van der Waals surface area contributed by atoms with Gasteiger partial charge in [-0.3, -0.25) is 0 Å². The molecule has 0 saturated carbocycles. The van der Waals surface area contributed by atoms with Gasteiger partial charge in [0.1, 0.15) is 5.82 Å². The summed E-state index contributed by atoms with van der Waals surface area (Å²) in [5.41, 5.74) is 1.13. The van der Waals surface area contributed by atoms with Gasteiger partial charge >= 0.3 is 0 Å². The summed E-state index contributed by atoms with van der Waals surface area (Å²) in [6.07, 6.45) is 7.06. The largest absolute Gasteiger partial charge is 0.348 e.